The number of rotatable bonds is 6. The number of hydrogen-bond acceptors (Lipinski definition) is 2. The van der Waals surface area contributed by atoms with Crippen molar-refractivity contribution in [2.75, 3.05) is 6.54 Å². The topological polar surface area (TPSA) is 37.4 Å². The monoisotopic (exact) mass is 385 g/mol. The van der Waals surface area contributed by atoms with Crippen molar-refractivity contribution in [1.82, 2.24) is 4.31 Å². The van der Waals surface area contributed by atoms with Crippen molar-refractivity contribution < 1.29 is 12.8 Å². The van der Waals surface area contributed by atoms with Crippen molar-refractivity contribution in [3.8, 4) is 0 Å². The first-order chi connectivity index (χ1) is 9.29. The summed E-state index contributed by atoms with van der Waals surface area (Å²) in [5.41, 5.74) is 0.167. The van der Waals surface area contributed by atoms with Gasteiger partial charge in [-0.2, -0.15) is 4.31 Å². The highest BCUT2D eigenvalue weighted by Crippen LogP contribution is 2.28. The van der Waals surface area contributed by atoms with E-state index >= 15 is 0 Å². The fourth-order valence-electron chi connectivity index (χ4n) is 1.95. The van der Waals surface area contributed by atoms with Crippen LogP contribution in [0.4, 0.5) is 4.39 Å². The molecule has 1 aromatic carbocycles. The molecule has 3 nitrogen and oxygen atoms in total. The smallest absolute Gasteiger partial charge is 0.207 e. The Morgan fingerprint density at radius 3 is 2.45 bits per heavy atom. The number of nitrogens with zero attached hydrogens (tertiary/aromatic N) is 1. The fourth-order valence-corrected chi connectivity index (χ4v) is 4.65. The first-order valence-corrected chi connectivity index (χ1v) is 9.12. The molecule has 114 valence electrons. The quantitative estimate of drug-likeness (QED) is 0.689. The molecule has 0 saturated carbocycles. The summed E-state index contributed by atoms with van der Waals surface area (Å²) < 4.78 is 41.4. The molecule has 0 aliphatic heterocycles. The average Bonchev–Trinajstić information content (AvgIpc) is 2.40. The summed E-state index contributed by atoms with van der Waals surface area (Å²) in [6.07, 6.45) is 0.658. The molecule has 0 bridgehead atoms. The summed E-state index contributed by atoms with van der Waals surface area (Å²) in [7, 11) is -3.88. The molecule has 7 heteroatoms. The highest BCUT2D eigenvalue weighted by atomic mass is 79.9. The van der Waals surface area contributed by atoms with E-state index in [-0.39, 0.29) is 22.4 Å². The Morgan fingerprint density at radius 1 is 1.40 bits per heavy atom. The van der Waals surface area contributed by atoms with E-state index in [1.807, 2.05) is 6.92 Å². The van der Waals surface area contributed by atoms with Gasteiger partial charge in [0.2, 0.25) is 10.0 Å². The number of halogens is 3. The van der Waals surface area contributed by atoms with Crippen molar-refractivity contribution in [2.24, 2.45) is 0 Å². The SMILES string of the molecule is CCC(C)N(CC)S(=O)(=O)c1cc(Br)cc(CCl)c1F. The van der Waals surface area contributed by atoms with E-state index < -0.39 is 15.8 Å². The lowest BCUT2D eigenvalue weighted by Crippen LogP contribution is -2.38. The lowest BCUT2D eigenvalue weighted by atomic mass is 10.2. The maximum atomic E-state index is 14.3. The van der Waals surface area contributed by atoms with Crippen LogP contribution in [0.15, 0.2) is 21.5 Å². The van der Waals surface area contributed by atoms with Gasteiger partial charge in [0.25, 0.3) is 0 Å². The van der Waals surface area contributed by atoms with Crippen molar-refractivity contribution >= 4 is 37.6 Å². The summed E-state index contributed by atoms with van der Waals surface area (Å²) >= 11 is 8.86. The van der Waals surface area contributed by atoms with Crippen molar-refractivity contribution in [2.45, 2.75) is 44.0 Å². The first kappa shape index (κ1) is 17.9. The van der Waals surface area contributed by atoms with Crippen LogP contribution in [0.25, 0.3) is 0 Å². The average molecular weight is 387 g/mol. The molecule has 0 radical (unpaired) electrons. The minimum Gasteiger partial charge on any atom is -0.207 e. The van der Waals surface area contributed by atoms with Gasteiger partial charge in [0.05, 0.1) is 5.88 Å². The van der Waals surface area contributed by atoms with Crippen LogP contribution in [-0.2, 0) is 15.9 Å². The second-order valence-corrected chi connectivity index (χ2v) is 7.52. The Bertz CT molecular complexity index is 580. The molecular formula is C13H18BrClFNO2S. The third kappa shape index (κ3) is 3.53. The van der Waals surface area contributed by atoms with Gasteiger partial charge in [0, 0.05) is 22.6 Å². The van der Waals surface area contributed by atoms with E-state index in [0.29, 0.717) is 17.4 Å². The van der Waals surface area contributed by atoms with Crippen molar-refractivity contribution in [1.29, 1.82) is 0 Å². The van der Waals surface area contributed by atoms with Gasteiger partial charge in [0.15, 0.2) is 0 Å². The first-order valence-electron chi connectivity index (χ1n) is 6.35. The second-order valence-electron chi connectivity index (χ2n) is 4.48. The van der Waals surface area contributed by atoms with Gasteiger partial charge in [-0.05, 0) is 25.5 Å². The molecule has 1 atom stereocenters. The summed E-state index contributed by atoms with van der Waals surface area (Å²) in [6, 6.07) is 2.58. The van der Waals surface area contributed by atoms with E-state index in [2.05, 4.69) is 15.9 Å². The summed E-state index contributed by atoms with van der Waals surface area (Å²) in [5.74, 6) is -0.853. The molecule has 0 spiro atoms. The van der Waals surface area contributed by atoms with Gasteiger partial charge in [0.1, 0.15) is 10.7 Å². The maximum absolute atomic E-state index is 14.3. The molecule has 0 amide bonds. The third-order valence-electron chi connectivity index (χ3n) is 3.20. The summed E-state index contributed by atoms with van der Waals surface area (Å²) in [4.78, 5) is -0.329. The second kappa shape index (κ2) is 7.20. The van der Waals surface area contributed by atoms with E-state index in [0.717, 1.165) is 0 Å². The van der Waals surface area contributed by atoms with Crippen LogP contribution in [0.5, 0.6) is 0 Å². The van der Waals surface area contributed by atoms with Gasteiger partial charge in [-0.15, -0.1) is 11.6 Å². The van der Waals surface area contributed by atoms with E-state index in [4.69, 9.17) is 11.6 Å². The lowest BCUT2D eigenvalue weighted by Gasteiger charge is -2.26. The Kier molecular flexibility index (Phi) is 6.44. The Hall–Kier alpha value is -0.170. The molecule has 0 N–H and O–H groups in total. The van der Waals surface area contributed by atoms with Gasteiger partial charge in [-0.3, -0.25) is 0 Å². The lowest BCUT2D eigenvalue weighted by molar-refractivity contribution is 0.340. The molecule has 1 unspecified atom stereocenters. The number of benzene rings is 1. The van der Waals surface area contributed by atoms with Gasteiger partial charge in [-0.25, -0.2) is 12.8 Å². The van der Waals surface area contributed by atoms with Crippen LogP contribution in [0.1, 0.15) is 32.8 Å². The number of hydrogen-bond donors (Lipinski definition) is 0. The zero-order chi connectivity index (χ0) is 15.5. The van der Waals surface area contributed by atoms with Crippen LogP contribution in [0, 0.1) is 5.82 Å². The Balaban J connectivity index is 3.45. The van der Waals surface area contributed by atoms with Crippen molar-refractivity contribution in [3.05, 3.63) is 28.0 Å². The highest BCUT2D eigenvalue weighted by molar-refractivity contribution is 9.10. The minimum atomic E-state index is -3.88. The predicted molar refractivity (Wildman–Crippen MR) is 83.0 cm³/mol. The molecule has 0 aliphatic carbocycles. The molecule has 0 saturated heterocycles. The Morgan fingerprint density at radius 2 is 2.00 bits per heavy atom. The Labute approximate surface area is 133 Å². The highest BCUT2D eigenvalue weighted by Gasteiger charge is 2.30. The molecule has 0 aromatic heterocycles. The van der Waals surface area contributed by atoms with Crippen LogP contribution >= 0.6 is 27.5 Å². The zero-order valence-corrected chi connectivity index (χ0v) is 14.8. The third-order valence-corrected chi connectivity index (χ3v) is 6.04. The molecule has 0 aliphatic rings. The zero-order valence-electron chi connectivity index (χ0n) is 11.7. The van der Waals surface area contributed by atoms with Gasteiger partial charge in [-0.1, -0.05) is 29.8 Å². The van der Waals surface area contributed by atoms with E-state index in [1.165, 1.54) is 16.4 Å². The van der Waals surface area contributed by atoms with Crippen LogP contribution < -0.4 is 0 Å². The molecule has 20 heavy (non-hydrogen) atoms. The van der Waals surface area contributed by atoms with Crippen molar-refractivity contribution in [3.63, 3.8) is 0 Å². The van der Waals surface area contributed by atoms with Crippen LogP contribution in [0.2, 0.25) is 0 Å². The molecule has 0 heterocycles. The van der Waals surface area contributed by atoms with Crippen LogP contribution in [-0.4, -0.2) is 25.3 Å². The predicted octanol–water partition coefficient (Wildman–Crippen LogP) is 4.14. The summed E-state index contributed by atoms with van der Waals surface area (Å²) in [6.45, 7) is 5.73. The molecule has 1 rings (SSSR count). The van der Waals surface area contributed by atoms with Gasteiger partial charge < -0.3 is 0 Å². The largest absolute Gasteiger partial charge is 0.246 e. The molecule has 1 aromatic rings. The van der Waals surface area contributed by atoms with E-state index in [1.54, 1.807) is 13.8 Å². The normalized spacial score (nSPS) is 13.8. The minimum absolute atomic E-state index is 0.0801. The molecule has 0 fully saturated rings. The fraction of sp³-hybridized carbons (Fsp3) is 0.538. The van der Waals surface area contributed by atoms with Crippen LogP contribution in [0.3, 0.4) is 0 Å². The number of alkyl halides is 1. The standard InChI is InChI=1S/C13H18BrClFNO2S/c1-4-9(3)17(5-2)20(18,19)12-7-11(14)6-10(8-15)13(12)16/h6-7,9H,4-5,8H2,1-3H3. The maximum Gasteiger partial charge on any atom is 0.246 e. The van der Waals surface area contributed by atoms with Gasteiger partial charge >= 0.3 is 0 Å². The van der Waals surface area contributed by atoms with E-state index in [9.17, 15) is 12.8 Å². The number of sulfonamides is 1. The molecular weight excluding hydrogens is 369 g/mol. The summed E-state index contributed by atoms with van der Waals surface area (Å²) in [5, 5.41) is 0.